The summed E-state index contributed by atoms with van der Waals surface area (Å²) in [6.45, 7) is 3.75. The Morgan fingerprint density at radius 2 is 2.05 bits per heavy atom. The first-order chi connectivity index (χ1) is 9.61. The van der Waals surface area contributed by atoms with E-state index in [4.69, 9.17) is 5.73 Å². The van der Waals surface area contributed by atoms with Crippen molar-refractivity contribution in [3.8, 4) is 0 Å². The molecule has 6 heteroatoms. The van der Waals surface area contributed by atoms with Gasteiger partial charge in [0.25, 0.3) is 0 Å². The molecule has 1 aromatic carbocycles. The fourth-order valence-corrected chi connectivity index (χ4v) is 2.47. The highest BCUT2D eigenvalue weighted by Crippen LogP contribution is 2.15. The van der Waals surface area contributed by atoms with Crippen molar-refractivity contribution in [2.24, 2.45) is 0 Å². The lowest BCUT2D eigenvalue weighted by molar-refractivity contribution is -0.133. The van der Waals surface area contributed by atoms with Gasteiger partial charge in [0.05, 0.1) is 5.52 Å². The molecule has 6 nitrogen and oxygen atoms in total. The SMILES string of the molecule is CN1CCN(C(=O)Cn2cc3cc(N)ccc3n2)CC1. The predicted octanol–water partition coefficient (Wildman–Crippen LogP) is 0.392. The highest BCUT2D eigenvalue weighted by atomic mass is 16.2. The first kappa shape index (κ1) is 12.9. The van der Waals surface area contributed by atoms with Gasteiger partial charge in [0.1, 0.15) is 6.54 Å². The summed E-state index contributed by atoms with van der Waals surface area (Å²) >= 11 is 0. The Balaban J connectivity index is 1.71. The Labute approximate surface area is 117 Å². The minimum Gasteiger partial charge on any atom is -0.399 e. The smallest absolute Gasteiger partial charge is 0.244 e. The van der Waals surface area contributed by atoms with E-state index in [0.717, 1.165) is 37.1 Å². The molecule has 0 saturated carbocycles. The summed E-state index contributed by atoms with van der Waals surface area (Å²) in [5.41, 5.74) is 7.32. The van der Waals surface area contributed by atoms with Crippen LogP contribution in [0.1, 0.15) is 0 Å². The molecule has 1 aromatic heterocycles. The molecular weight excluding hydrogens is 254 g/mol. The van der Waals surface area contributed by atoms with Gasteiger partial charge in [-0.3, -0.25) is 9.48 Å². The first-order valence-electron chi connectivity index (χ1n) is 6.81. The molecule has 0 spiro atoms. The van der Waals surface area contributed by atoms with Gasteiger partial charge in [0, 0.05) is 43.4 Å². The summed E-state index contributed by atoms with van der Waals surface area (Å²) in [6, 6.07) is 5.57. The highest BCUT2D eigenvalue weighted by Gasteiger charge is 2.19. The lowest BCUT2D eigenvalue weighted by Crippen LogP contribution is -2.48. The molecule has 0 aliphatic carbocycles. The average Bonchev–Trinajstić information content (AvgIpc) is 2.80. The molecule has 1 aliphatic rings. The van der Waals surface area contributed by atoms with Crippen LogP contribution < -0.4 is 5.73 Å². The number of likely N-dealkylation sites (N-methyl/N-ethyl adjacent to an activating group) is 1. The van der Waals surface area contributed by atoms with E-state index in [2.05, 4.69) is 17.0 Å². The van der Waals surface area contributed by atoms with Crippen molar-refractivity contribution in [2.75, 3.05) is 39.0 Å². The second-order valence-electron chi connectivity index (χ2n) is 5.33. The van der Waals surface area contributed by atoms with E-state index in [1.54, 1.807) is 4.68 Å². The van der Waals surface area contributed by atoms with Crippen LogP contribution in [0.25, 0.3) is 10.9 Å². The fraction of sp³-hybridized carbons (Fsp3) is 0.429. The molecule has 0 radical (unpaired) electrons. The van der Waals surface area contributed by atoms with Gasteiger partial charge in [-0.05, 0) is 25.2 Å². The predicted molar refractivity (Wildman–Crippen MR) is 78.2 cm³/mol. The monoisotopic (exact) mass is 273 g/mol. The minimum absolute atomic E-state index is 0.124. The fourth-order valence-electron chi connectivity index (χ4n) is 2.47. The molecule has 1 amide bonds. The maximum Gasteiger partial charge on any atom is 0.244 e. The van der Waals surface area contributed by atoms with E-state index in [1.807, 2.05) is 29.3 Å². The van der Waals surface area contributed by atoms with Crippen LogP contribution in [0.3, 0.4) is 0 Å². The number of nitrogen functional groups attached to an aromatic ring is 1. The Morgan fingerprint density at radius 3 is 2.80 bits per heavy atom. The second-order valence-corrected chi connectivity index (χ2v) is 5.33. The number of amides is 1. The van der Waals surface area contributed by atoms with Gasteiger partial charge in [-0.15, -0.1) is 0 Å². The average molecular weight is 273 g/mol. The van der Waals surface area contributed by atoms with Crippen molar-refractivity contribution in [1.29, 1.82) is 0 Å². The van der Waals surface area contributed by atoms with Crippen molar-refractivity contribution in [2.45, 2.75) is 6.54 Å². The first-order valence-corrected chi connectivity index (χ1v) is 6.81. The standard InChI is InChI=1S/C14H19N5O/c1-17-4-6-18(7-5-17)14(20)10-19-9-11-8-12(15)2-3-13(11)16-19/h2-3,8-9H,4-7,10,15H2,1H3. The molecule has 0 atom stereocenters. The zero-order chi connectivity index (χ0) is 14.1. The lowest BCUT2D eigenvalue weighted by atomic mass is 10.2. The Kier molecular flexibility index (Phi) is 3.31. The third-order valence-electron chi connectivity index (χ3n) is 3.73. The summed E-state index contributed by atoms with van der Waals surface area (Å²) in [6.07, 6.45) is 1.87. The van der Waals surface area contributed by atoms with Gasteiger partial charge in [-0.2, -0.15) is 5.10 Å². The number of rotatable bonds is 2. The third-order valence-corrected chi connectivity index (χ3v) is 3.73. The normalized spacial score (nSPS) is 16.8. The summed E-state index contributed by atoms with van der Waals surface area (Å²) in [4.78, 5) is 16.4. The van der Waals surface area contributed by atoms with Crippen molar-refractivity contribution in [3.63, 3.8) is 0 Å². The molecule has 20 heavy (non-hydrogen) atoms. The van der Waals surface area contributed by atoms with Crippen molar-refractivity contribution < 1.29 is 4.79 Å². The molecule has 1 aliphatic heterocycles. The molecule has 106 valence electrons. The van der Waals surface area contributed by atoms with Crippen molar-refractivity contribution in [1.82, 2.24) is 19.6 Å². The van der Waals surface area contributed by atoms with Gasteiger partial charge >= 0.3 is 0 Å². The number of nitrogens with zero attached hydrogens (tertiary/aromatic N) is 4. The number of carbonyl (C=O) groups excluding carboxylic acids is 1. The molecule has 1 fully saturated rings. The third kappa shape index (κ3) is 2.60. The Hall–Kier alpha value is -2.08. The second kappa shape index (κ2) is 5.13. The number of nitrogens with two attached hydrogens (primary N) is 1. The van der Waals surface area contributed by atoms with E-state index in [1.165, 1.54) is 0 Å². The van der Waals surface area contributed by atoms with Gasteiger partial charge < -0.3 is 15.5 Å². The largest absolute Gasteiger partial charge is 0.399 e. The van der Waals surface area contributed by atoms with Gasteiger partial charge in [0.15, 0.2) is 0 Å². The minimum atomic E-state index is 0.124. The number of carbonyl (C=O) groups is 1. The number of piperazine rings is 1. The van der Waals surface area contributed by atoms with E-state index >= 15 is 0 Å². The molecule has 2 N–H and O–H groups in total. The van der Waals surface area contributed by atoms with Crippen LogP contribution in [0.4, 0.5) is 5.69 Å². The van der Waals surface area contributed by atoms with Crippen molar-refractivity contribution >= 4 is 22.5 Å². The lowest BCUT2D eigenvalue weighted by Gasteiger charge is -2.32. The zero-order valence-corrected chi connectivity index (χ0v) is 11.6. The van der Waals surface area contributed by atoms with Gasteiger partial charge in [-0.1, -0.05) is 0 Å². The molecule has 0 unspecified atom stereocenters. The van der Waals surface area contributed by atoms with Crippen molar-refractivity contribution in [3.05, 3.63) is 24.4 Å². The number of hydrogen-bond donors (Lipinski definition) is 1. The van der Waals surface area contributed by atoms with Crippen LogP contribution in [0.2, 0.25) is 0 Å². The van der Waals surface area contributed by atoms with Crippen LogP contribution >= 0.6 is 0 Å². The molecule has 1 saturated heterocycles. The quantitative estimate of drug-likeness (QED) is 0.804. The van der Waals surface area contributed by atoms with Crippen LogP contribution in [-0.2, 0) is 11.3 Å². The summed E-state index contributed by atoms with van der Waals surface area (Å²) in [5, 5.41) is 5.38. The number of benzene rings is 1. The Bertz CT molecular complexity index is 628. The summed E-state index contributed by atoms with van der Waals surface area (Å²) in [5.74, 6) is 0.124. The summed E-state index contributed by atoms with van der Waals surface area (Å²) < 4.78 is 1.70. The molecular formula is C14H19N5O. The maximum absolute atomic E-state index is 12.2. The molecule has 2 heterocycles. The Morgan fingerprint density at radius 1 is 1.30 bits per heavy atom. The van der Waals surface area contributed by atoms with E-state index in [9.17, 15) is 4.79 Å². The number of aromatic nitrogens is 2. The number of anilines is 1. The van der Waals surface area contributed by atoms with E-state index < -0.39 is 0 Å². The summed E-state index contributed by atoms with van der Waals surface area (Å²) in [7, 11) is 2.08. The molecule has 2 aromatic rings. The highest BCUT2D eigenvalue weighted by molar-refractivity contribution is 5.82. The van der Waals surface area contributed by atoms with Crippen LogP contribution in [-0.4, -0.2) is 58.7 Å². The molecule has 0 bridgehead atoms. The molecule has 3 rings (SSSR count). The number of fused-ring (bicyclic) bond motifs is 1. The zero-order valence-electron chi connectivity index (χ0n) is 11.6. The van der Waals surface area contributed by atoms with Crippen LogP contribution in [0.5, 0.6) is 0 Å². The van der Waals surface area contributed by atoms with Crippen LogP contribution in [0.15, 0.2) is 24.4 Å². The van der Waals surface area contributed by atoms with E-state index in [0.29, 0.717) is 5.69 Å². The topological polar surface area (TPSA) is 67.4 Å². The van der Waals surface area contributed by atoms with Gasteiger partial charge in [-0.25, -0.2) is 0 Å². The number of hydrogen-bond acceptors (Lipinski definition) is 4. The maximum atomic E-state index is 12.2. The van der Waals surface area contributed by atoms with Gasteiger partial charge in [0.2, 0.25) is 5.91 Å². The van der Waals surface area contributed by atoms with Crippen LogP contribution in [0, 0.1) is 0 Å². The van der Waals surface area contributed by atoms with E-state index in [-0.39, 0.29) is 12.5 Å².